The van der Waals surface area contributed by atoms with Crippen LogP contribution < -0.4 is 9.80 Å². The molecular weight excluding hydrogens is 455 g/mol. The van der Waals surface area contributed by atoms with E-state index in [9.17, 15) is 18.0 Å². The number of allylic oxidation sites excluding steroid dienone is 2. The molecule has 0 spiro atoms. The van der Waals surface area contributed by atoms with Gasteiger partial charge in [-0.15, -0.1) is 0 Å². The van der Waals surface area contributed by atoms with Gasteiger partial charge >= 0.3 is 6.18 Å². The first-order chi connectivity index (χ1) is 16.7. The zero-order chi connectivity index (χ0) is 24.9. The van der Waals surface area contributed by atoms with Crippen LogP contribution in [0.5, 0.6) is 0 Å². The molecule has 0 atom stereocenters. The lowest BCUT2D eigenvalue weighted by molar-refractivity contribution is -0.126. The Balaban J connectivity index is 1.46. The topological polar surface area (TPSA) is 52.6 Å². The minimum absolute atomic E-state index is 0.0910. The van der Waals surface area contributed by atoms with Crippen LogP contribution in [-0.2, 0) is 11.2 Å². The average Bonchev–Trinajstić information content (AvgIpc) is 3.65. The van der Waals surface area contributed by atoms with Crippen molar-refractivity contribution in [3.63, 3.8) is 0 Å². The Morgan fingerprint density at radius 3 is 2.31 bits per heavy atom. The Bertz CT molecular complexity index is 1230. The van der Waals surface area contributed by atoms with Gasteiger partial charge in [0.15, 0.2) is 0 Å². The lowest BCUT2D eigenvalue weighted by atomic mass is 9.95. The summed E-state index contributed by atoms with van der Waals surface area (Å²) in [5.41, 5.74) is 3.52. The lowest BCUT2D eigenvalue weighted by Crippen LogP contribution is -2.49. The quantitative estimate of drug-likeness (QED) is 0.490. The van der Waals surface area contributed by atoms with Crippen molar-refractivity contribution < 1.29 is 18.0 Å². The number of hydrogen-bond acceptors (Lipinski definition) is 5. The third kappa shape index (κ3) is 4.42. The molecule has 3 aliphatic rings. The molecular formula is C26H25F3N5O. The summed E-state index contributed by atoms with van der Waals surface area (Å²) < 4.78 is 38.8. The number of fused-ring (bicyclic) bond motifs is 1. The number of anilines is 2. The first-order valence-corrected chi connectivity index (χ1v) is 11.4. The second-order valence-corrected chi connectivity index (χ2v) is 9.02. The van der Waals surface area contributed by atoms with Crippen molar-refractivity contribution in [3.05, 3.63) is 77.8 Å². The van der Waals surface area contributed by atoms with Crippen LogP contribution >= 0.6 is 0 Å². The number of halogens is 3. The highest BCUT2D eigenvalue weighted by Crippen LogP contribution is 2.48. The number of likely N-dealkylation sites (N-methyl/N-ethyl adjacent to an activating group) is 1. The molecule has 1 aromatic heterocycles. The second-order valence-electron chi connectivity index (χ2n) is 9.02. The number of piperazine rings is 1. The van der Waals surface area contributed by atoms with Gasteiger partial charge in [0, 0.05) is 62.9 Å². The van der Waals surface area contributed by atoms with E-state index < -0.39 is 11.7 Å². The van der Waals surface area contributed by atoms with E-state index in [1.807, 2.05) is 24.1 Å². The van der Waals surface area contributed by atoms with E-state index in [1.54, 1.807) is 17.0 Å². The Morgan fingerprint density at radius 2 is 1.71 bits per heavy atom. The van der Waals surface area contributed by atoms with Gasteiger partial charge in [0.2, 0.25) is 11.9 Å². The molecule has 1 saturated heterocycles. The van der Waals surface area contributed by atoms with E-state index >= 15 is 0 Å². The fourth-order valence-corrected chi connectivity index (χ4v) is 4.68. The van der Waals surface area contributed by atoms with Crippen molar-refractivity contribution in [2.45, 2.75) is 12.6 Å². The van der Waals surface area contributed by atoms with Gasteiger partial charge in [-0.25, -0.2) is 4.98 Å². The third-order valence-electron chi connectivity index (χ3n) is 6.54. The van der Waals surface area contributed by atoms with Crippen molar-refractivity contribution in [1.82, 2.24) is 14.9 Å². The van der Waals surface area contributed by atoms with E-state index in [0.29, 0.717) is 50.7 Å². The second kappa shape index (κ2) is 8.55. The number of alkyl halides is 3. The summed E-state index contributed by atoms with van der Waals surface area (Å²) in [5.74, 6) is 1.54. The molecule has 0 saturated carbocycles. The summed E-state index contributed by atoms with van der Waals surface area (Å²) in [4.78, 5) is 27.6. The molecule has 181 valence electrons. The minimum Gasteiger partial charge on any atom is -0.355 e. The van der Waals surface area contributed by atoms with Crippen molar-refractivity contribution in [3.8, 4) is 11.3 Å². The molecule has 1 fully saturated rings. The fraction of sp³-hybridized carbons (Fsp3) is 0.308. The Labute approximate surface area is 202 Å². The number of carbonyl (C=O) groups is 1. The number of hydrogen-bond donors (Lipinski definition) is 0. The first kappa shape index (κ1) is 23.1. The highest BCUT2D eigenvalue weighted by molar-refractivity contribution is 5.87. The van der Waals surface area contributed by atoms with Gasteiger partial charge in [-0.05, 0) is 11.6 Å². The largest absolute Gasteiger partial charge is 0.413 e. The van der Waals surface area contributed by atoms with Crippen LogP contribution in [0.2, 0.25) is 0 Å². The summed E-state index contributed by atoms with van der Waals surface area (Å²) in [6.07, 6.45) is -1.20. The van der Waals surface area contributed by atoms with Crippen LogP contribution in [0.15, 0.2) is 60.7 Å². The van der Waals surface area contributed by atoms with Crippen LogP contribution in [0.25, 0.3) is 11.3 Å². The summed E-state index contributed by atoms with van der Waals surface area (Å²) in [6.45, 7) is 10.7. The van der Waals surface area contributed by atoms with E-state index in [0.717, 1.165) is 34.3 Å². The molecule has 35 heavy (non-hydrogen) atoms. The minimum atomic E-state index is -4.32. The number of benzene rings is 1. The standard InChI is InChI=1S/C26H25F3N5O/c1-4-22(35)33-9-11-34(12-10-33)25-30-23(20-13-16(2)15-32(3)24(20)31-25)18-7-5-17(6-8-18)19-14-21(19)26(27,28)29/h4-8,14H,1-2,9-13,15H2,3H3. The van der Waals surface area contributed by atoms with Gasteiger partial charge in [0.1, 0.15) is 5.82 Å². The average molecular weight is 481 g/mol. The molecule has 9 heteroatoms. The molecule has 0 N–H and O–H groups in total. The van der Waals surface area contributed by atoms with Crippen LogP contribution in [0, 0.1) is 5.92 Å². The van der Waals surface area contributed by atoms with Gasteiger partial charge in [-0.1, -0.05) is 49.1 Å². The normalized spacial score (nSPS) is 18.3. The summed E-state index contributed by atoms with van der Waals surface area (Å²) in [6, 6.07) is 7.03. The van der Waals surface area contributed by atoms with Crippen LogP contribution in [-0.4, -0.2) is 66.7 Å². The molecule has 1 aromatic carbocycles. The van der Waals surface area contributed by atoms with Crippen LogP contribution in [0.3, 0.4) is 0 Å². The van der Waals surface area contributed by atoms with E-state index in [4.69, 9.17) is 9.97 Å². The monoisotopic (exact) mass is 480 g/mol. The molecule has 0 bridgehead atoms. The molecule has 2 aliphatic heterocycles. The molecule has 5 rings (SSSR count). The maximum atomic E-state index is 12.9. The predicted octanol–water partition coefficient (Wildman–Crippen LogP) is 3.95. The number of carbonyl (C=O) groups excluding carboxylic acids is 1. The zero-order valence-corrected chi connectivity index (χ0v) is 19.4. The van der Waals surface area contributed by atoms with E-state index in [-0.39, 0.29) is 11.8 Å². The summed E-state index contributed by atoms with van der Waals surface area (Å²) in [7, 11) is 1.96. The molecule has 6 nitrogen and oxygen atoms in total. The molecule has 1 amide bonds. The number of nitrogens with zero attached hydrogens (tertiary/aromatic N) is 5. The number of amides is 1. The predicted molar refractivity (Wildman–Crippen MR) is 129 cm³/mol. The SMILES string of the molecule is C=CC(=O)N1CCN(c2nc(-c3ccc([C]4C=C4C(F)(F)F)cc3)c3c(n2)N(C)CC(=C)C3)CC1. The van der Waals surface area contributed by atoms with Crippen molar-refractivity contribution in [2.75, 3.05) is 49.6 Å². The smallest absolute Gasteiger partial charge is 0.355 e. The van der Waals surface area contributed by atoms with Gasteiger partial charge in [-0.2, -0.15) is 18.2 Å². The van der Waals surface area contributed by atoms with Crippen molar-refractivity contribution >= 4 is 17.7 Å². The lowest BCUT2D eigenvalue weighted by Gasteiger charge is -2.36. The van der Waals surface area contributed by atoms with E-state index in [2.05, 4.69) is 18.1 Å². The number of rotatable bonds is 4. The fourth-order valence-electron chi connectivity index (χ4n) is 4.68. The summed E-state index contributed by atoms with van der Waals surface area (Å²) >= 11 is 0. The highest BCUT2D eigenvalue weighted by atomic mass is 19.4. The van der Waals surface area contributed by atoms with Crippen LogP contribution in [0.4, 0.5) is 24.9 Å². The third-order valence-corrected chi connectivity index (χ3v) is 6.54. The molecule has 1 radical (unpaired) electrons. The van der Waals surface area contributed by atoms with E-state index in [1.165, 1.54) is 6.08 Å². The maximum Gasteiger partial charge on any atom is 0.413 e. The molecule has 0 unspecified atom stereocenters. The van der Waals surface area contributed by atoms with Gasteiger partial charge in [0.05, 0.1) is 11.6 Å². The highest BCUT2D eigenvalue weighted by Gasteiger charge is 2.47. The molecule has 2 aromatic rings. The summed E-state index contributed by atoms with van der Waals surface area (Å²) in [5, 5.41) is 0. The van der Waals surface area contributed by atoms with Gasteiger partial charge < -0.3 is 14.7 Å². The van der Waals surface area contributed by atoms with Crippen molar-refractivity contribution in [1.29, 1.82) is 0 Å². The van der Waals surface area contributed by atoms with Gasteiger partial charge in [0.25, 0.3) is 0 Å². The first-order valence-electron chi connectivity index (χ1n) is 11.4. The maximum absolute atomic E-state index is 12.9. The Hall–Kier alpha value is -3.62. The van der Waals surface area contributed by atoms with Gasteiger partial charge in [-0.3, -0.25) is 4.79 Å². The molecule has 3 heterocycles. The van der Waals surface area contributed by atoms with Crippen molar-refractivity contribution in [2.24, 2.45) is 0 Å². The molecule has 1 aliphatic carbocycles. The Kier molecular flexibility index (Phi) is 5.65. The van der Waals surface area contributed by atoms with Crippen LogP contribution in [0.1, 0.15) is 11.1 Å². The Morgan fingerprint density at radius 1 is 1.06 bits per heavy atom. The zero-order valence-electron chi connectivity index (χ0n) is 19.4. The number of aromatic nitrogens is 2.